The van der Waals surface area contributed by atoms with Gasteiger partial charge in [-0.05, 0) is 25.0 Å². The molecule has 0 N–H and O–H groups in total. The standard InChI is InChI=1S/C22H25ClN8O/c23-18-3-1-2-4-19(18)28-9-11-30(12-10-28)22(32)17-5-7-29(8-6-17)20-13-21(26-15-25-20)31-16-24-14-27-31/h1-4,13-17H,5-12H2. The Morgan fingerprint density at radius 2 is 1.66 bits per heavy atom. The van der Waals surface area contributed by atoms with Gasteiger partial charge in [-0.1, -0.05) is 23.7 Å². The largest absolute Gasteiger partial charge is 0.367 e. The SMILES string of the molecule is O=C(C1CCN(c2cc(-n3cncn3)ncn2)CC1)N1CCN(c2ccccc2Cl)CC1. The summed E-state index contributed by atoms with van der Waals surface area (Å²) in [5.41, 5.74) is 1.05. The second-order valence-corrected chi connectivity index (χ2v) is 8.51. The van der Waals surface area contributed by atoms with Gasteiger partial charge in [0, 0.05) is 51.3 Å². The van der Waals surface area contributed by atoms with E-state index in [0.29, 0.717) is 5.82 Å². The van der Waals surface area contributed by atoms with Crippen LogP contribution in [0.5, 0.6) is 0 Å². The van der Waals surface area contributed by atoms with Gasteiger partial charge in [-0.2, -0.15) is 5.10 Å². The molecule has 0 bridgehead atoms. The second kappa shape index (κ2) is 9.12. The van der Waals surface area contributed by atoms with Crippen LogP contribution in [0, 0.1) is 5.92 Å². The molecule has 1 aromatic carbocycles. The van der Waals surface area contributed by atoms with E-state index in [1.807, 2.05) is 35.2 Å². The Kier molecular flexibility index (Phi) is 5.89. The van der Waals surface area contributed by atoms with Gasteiger partial charge in [-0.25, -0.2) is 19.6 Å². The average molecular weight is 453 g/mol. The molecule has 0 aliphatic carbocycles. The predicted molar refractivity (Wildman–Crippen MR) is 122 cm³/mol. The van der Waals surface area contributed by atoms with E-state index in [9.17, 15) is 4.79 Å². The lowest BCUT2D eigenvalue weighted by molar-refractivity contribution is -0.136. The first-order chi connectivity index (χ1) is 15.7. The van der Waals surface area contributed by atoms with Crippen molar-refractivity contribution in [2.75, 3.05) is 49.1 Å². The lowest BCUT2D eigenvalue weighted by Crippen LogP contribution is -2.51. The quantitative estimate of drug-likeness (QED) is 0.600. The Hall–Kier alpha value is -3.20. The molecular formula is C22H25ClN8O. The fraction of sp³-hybridized carbons (Fsp3) is 0.409. The maximum Gasteiger partial charge on any atom is 0.225 e. The maximum absolute atomic E-state index is 13.1. The number of amides is 1. The number of halogens is 1. The number of anilines is 2. The minimum Gasteiger partial charge on any atom is -0.367 e. The Labute approximate surface area is 191 Å². The number of piperazine rings is 1. The molecule has 2 aromatic heterocycles. The summed E-state index contributed by atoms with van der Waals surface area (Å²) in [5, 5.41) is 4.89. The Bertz CT molecular complexity index is 1060. The van der Waals surface area contributed by atoms with Crippen molar-refractivity contribution in [2.24, 2.45) is 5.92 Å². The highest BCUT2D eigenvalue weighted by Gasteiger charge is 2.31. The van der Waals surface area contributed by atoms with Gasteiger partial charge in [0.2, 0.25) is 5.91 Å². The minimum absolute atomic E-state index is 0.0646. The van der Waals surface area contributed by atoms with Gasteiger partial charge in [0.25, 0.3) is 0 Å². The first-order valence-electron chi connectivity index (χ1n) is 10.9. The highest BCUT2D eigenvalue weighted by molar-refractivity contribution is 6.33. The first kappa shape index (κ1) is 20.7. The molecule has 9 nitrogen and oxygen atoms in total. The molecule has 2 fully saturated rings. The van der Waals surface area contributed by atoms with E-state index in [2.05, 4.69) is 29.9 Å². The van der Waals surface area contributed by atoms with Crippen molar-refractivity contribution >= 4 is 29.0 Å². The monoisotopic (exact) mass is 452 g/mol. The van der Waals surface area contributed by atoms with E-state index in [4.69, 9.17) is 11.6 Å². The molecule has 2 aliphatic heterocycles. The van der Waals surface area contributed by atoms with E-state index < -0.39 is 0 Å². The van der Waals surface area contributed by atoms with Crippen LogP contribution in [0.4, 0.5) is 11.5 Å². The van der Waals surface area contributed by atoms with Crippen molar-refractivity contribution < 1.29 is 4.79 Å². The van der Waals surface area contributed by atoms with Gasteiger partial charge in [0.15, 0.2) is 5.82 Å². The molecule has 3 aromatic rings. The normalized spacial score (nSPS) is 17.6. The molecular weight excluding hydrogens is 428 g/mol. The molecule has 2 aliphatic rings. The number of carbonyl (C=O) groups is 1. The molecule has 166 valence electrons. The molecule has 0 radical (unpaired) electrons. The molecule has 1 amide bonds. The molecule has 2 saturated heterocycles. The maximum atomic E-state index is 13.1. The Morgan fingerprint density at radius 1 is 0.906 bits per heavy atom. The van der Waals surface area contributed by atoms with Crippen molar-refractivity contribution in [3.05, 3.63) is 54.3 Å². The third-order valence-corrected chi connectivity index (χ3v) is 6.56. The zero-order valence-electron chi connectivity index (χ0n) is 17.7. The summed E-state index contributed by atoms with van der Waals surface area (Å²) >= 11 is 6.34. The molecule has 0 atom stereocenters. The van der Waals surface area contributed by atoms with E-state index in [0.717, 1.165) is 68.6 Å². The first-order valence-corrected chi connectivity index (χ1v) is 11.3. The van der Waals surface area contributed by atoms with Crippen LogP contribution in [-0.4, -0.2) is 74.8 Å². The summed E-state index contributed by atoms with van der Waals surface area (Å²) in [6.45, 7) is 4.67. The number of benzene rings is 1. The highest BCUT2D eigenvalue weighted by atomic mass is 35.5. The molecule has 0 spiro atoms. The van der Waals surface area contributed by atoms with E-state index in [-0.39, 0.29) is 11.8 Å². The predicted octanol–water partition coefficient (Wildman–Crippen LogP) is 2.28. The van der Waals surface area contributed by atoms with Crippen LogP contribution in [0.2, 0.25) is 5.02 Å². The van der Waals surface area contributed by atoms with Crippen molar-refractivity contribution in [1.29, 1.82) is 0 Å². The van der Waals surface area contributed by atoms with Crippen LogP contribution in [0.1, 0.15) is 12.8 Å². The van der Waals surface area contributed by atoms with Gasteiger partial charge >= 0.3 is 0 Å². The summed E-state index contributed by atoms with van der Waals surface area (Å²) in [4.78, 5) is 32.3. The van der Waals surface area contributed by atoms with Crippen LogP contribution in [-0.2, 0) is 4.79 Å². The van der Waals surface area contributed by atoms with Crippen LogP contribution in [0.3, 0.4) is 0 Å². The number of rotatable bonds is 4. The zero-order valence-corrected chi connectivity index (χ0v) is 18.5. The smallest absolute Gasteiger partial charge is 0.225 e. The van der Waals surface area contributed by atoms with Crippen LogP contribution < -0.4 is 9.80 Å². The summed E-state index contributed by atoms with van der Waals surface area (Å²) in [6, 6.07) is 9.80. The second-order valence-electron chi connectivity index (χ2n) is 8.10. The number of piperidine rings is 1. The van der Waals surface area contributed by atoms with Crippen LogP contribution >= 0.6 is 11.6 Å². The minimum atomic E-state index is 0.0646. The van der Waals surface area contributed by atoms with Crippen molar-refractivity contribution in [3.8, 4) is 5.82 Å². The molecule has 32 heavy (non-hydrogen) atoms. The fourth-order valence-corrected chi connectivity index (χ4v) is 4.71. The van der Waals surface area contributed by atoms with Gasteiger partial charge in [-0.3, -0.25) is 4.79 Å². The zero-order chi connectivity index (χ0) is 21.9. The molecule has 0 saturated carbocycles. The number of aromatic nitrogens is 5. The summed E-state index contributed by atoms with van der Waals surface area (Å²) in [6.07, 6.45) is 6.29. The van der Waals surface area contributed by atoms with Crippen LogP contribution in [0.25, 0.3) is 5.82 Å². The number of hydrogen-bond donors (Lipinski definition) is 0. The van der Waals surface area contributed by atoms with Crippen LogP contribution in [0.15, 0.2) is 49.3 Å². The van der Waals surface area contributed by atoms with Gasteiger partial charge in [0.05, 0.1) is 10.7 Å². The number of hydrogen-bond acceptors (Lipinski definition) is 7. The molecule has 10 heteroatoms. The van der Waals surface area contributed by atoms with Gasteiger partial charge < -0.3 is 14.7 Å². The van der Waals surface area contributed by atoms with Crippen molar-refractivity contribution in [2.45, 2.75) is 12.8 Å². The summed E-state index contributed by atoms with van der Waals surface area (Å²) in [5.74, 6) is 1.87. The summed E-state index contributed by atoms with van der Waals surface area (Å²) in [7, 11) is 0. The van der Waals surface area contributed by atoms with E-state index in [1.54, 1.807) is 17.3 Å². The fourth-order valence-electron chi connectivity index (χ4n) is 4.45. The van der Waals surface area contributed by atoms with Gasteiger partial charge in [0.1, 0.15) is 24.8 Å². The van der Waals surface area contributed by atoms with E-state index >= 15 is 0 Å². The Balaban J connectivity index is 1.15. The third-order valence-electron chi connectivity index (χ3n) is 6.24. The summed E-state index contributed by atoms with van der Waals surface area (Å²) < 4.78 is 1.61. The Morgan fingerprint density at radius 3 is 2.38 bits per heavy atom. The van der Waals surface area contributed by atoms with Crippen molar-refractivity contribution in [1.82, 2.24) is 29.6 Å². The van der Waals surface area contributed by atoms with Gasteiger partial charge in [-0.15, -0.1) is 0 Å². The van der Waals surface area contributed by atoms with E-state index in [1.165, 1.54) is 6.33 Å². The number of para-hydroxylation sites is 1. The topological polar surface area (TPSA) is 83.3 Å². The number of nitrogens with zero attached hydrogens (tertiary/aromatic N) is 8. The third kappa shape index (κ3) is 4.25. The number of carbonyl (C=O) groups excluding carboxylic acids is 1. The molecule has 5 rings (SSSR count). The lowest BCUT2D eigenvalue weighted by atomic mass is 9.95. The molecule has 0 unspecified atom stereocenters. The highest BCUT2D eigenvalue weighted by Crippen LogP contribution is 2.28. The lowest BCUT2D eigenvalue weighted by Gasteiger charge is -2.39. The molecule has 4 heterocycles. The van der Waals surface area contributed by atoms with Crippen molar-refractivity contribution in [3.63, 3.8) is 0 Å². The average Bonchev–Trinajstić information content (AvgIpc) is 3.40.